The Morgan fingerprint density at radius 1 is 1.21 bits per heavy atom. The minimum Gasteiger partial charge on any atom is -0.327 e. The summed E-state index contributed by atoms with van der Waals surface area (Å²) in [5.41, 5.74) is 8.83. The molecule has 78 valence electrons. The molecule has 0 amide bonds. The summed E-state index contributed by atoms with van der Waals surface area (Å²) >= 11 is 0. The Bertz CT molecular complexity index is 278. The highest BCUT2D eigenvalue weighted by Crippen LogP contribution is 2.20. The Labute approximate surface area is 87.3 Å². The quantitative estimate of drug-likeness (QED) is 0.777. The van der Waals surface area contributed by atoms with E-state index in [1.54, 1.807) is 0 Å². The maximum absolute atomic E-state index is 5.97. The molecule has 0 radical (unpaired) electrons. The molecule has 14 heavy (non-hydrogen) atoms. The third-order valence-corrected chi connectivity index (χ3v) is 2.68. The van der Waals surface area contributed by atoms with Crippen LogP contribution in [0.2, 0.25) is 0 Å². The van der Waals surface area contributed by atoms with E-state index in [0.29, 0.717) is 12.0 Å². The molecule has 2 N–H and O–H groups in total. The van der Waals surface area contributed by atoms with Gasteiger partial charge in [-0.3, -0.25) is 0 Å². The molecule has 1 rings (SSSR count). The van der Waals surface area contributed by atoms with Gasteiger partial charge >= 0.3 is 0 Å². The predicted octanol–water partition coefficient (Wildman–Crippen LogP) is 3.09. The zero-order chi connectivity index (χ0) is 10.6. The molecule has 0 spiro atoms. The maximum Gasteiger partial charge on any atom is 0.00768 e. The molecule has 1 atom stereocenters. The third kappa shape index (κ3) is 2.85. The molecule has 0 saturated heterocycles. The largest absolute Gasteiger partial charge is 0.327 e. The maximum atomic E-state index is 5.97. The van der Waals surface area contributed by atoms with Crippen LogP contribution < -0.4 is 5.73 Å². The van der Waals surface area contributed by atoms with Crippen LogP contribution in [0, 0.1) is 0 Å². The fraction of sp³-hybridized carbons (Fsp3) is 0.538. The zero-order valence-electron chi connectivity index (χ0n) is 9.46. The molecule has 0 heterocycles. The van der Waals surface area contributed by atoms with Crippen LogP contribution in [-0.4, -0.2) is 6.04 Å². The van der Waals surface area contributed by atoms with Gasteiger partial charge in [0, 0.05) is 6.04 Å². The van der Waals surface area contributed by atoms with Crippen molar-refractivity contribution in [2.24, 2.45) is 5.73 Å². The fourth-order valence-corrected chi connectivity index (χ4v) is 1.71. The first-order valence-electron chi connectivity index (χ1n) is 5.48. The first-order valence-corrected chi connectivity index (χ1v) is 5.48. The highest BCUT2D eigenvalue weighted by atomic mass is 14.6. The van der Waals surface area contributed by atoms with Crippen molar-refractivity contribution in [3.8, 4) is 0 Å². The van der Waals surface area contributed by atoms with Gasteiger partial charge in [0.2, 0.25) is 0 Å². The van der Waals surface area contributed by atoms with E-state index in [-0.39, 0.29) is 0 Å². The summed E-state index contributed by atoms with van der Waals surface area (Å²) in [5, 5.41) is 0. The highest BCUT2D eigenvalue weighted by molar-refractivity contribution is 5.30. The summed E-state index contributed by atoms with van der Waals surface area (Å²) < 4.78 is 0. The van der Waals surface area contributed by atoms with Crippen molar-refractivity contribution >= 4 is 0 Å². The summed E-state index contributed by atoms with van der Waals surface area (Å²) in [5.74, 6) is 0.593. The molecule has 1 aromatic rings. The first kappa shape index (κ1) is 11.3. The average molecular weight is 191 g/mol. The fourth-order valence-electron chi connectivity index (χ4n) is 1.71. The molecule has 0 aliphatic rings. The summed E-state index contributed by atoms with van der Waals surface area (Å²) in [6, 6.07) is 8.92. The molecule has 0 bridgehead atoms. The lowest BCUT2D eigenvalue weighted by Crippen LogP contribution is -2.22. The van der Waals surface area contributed by atoms with Crippen LogP contribution >= 0.6 is 0 Å². The standard InChI is InChI=1S/C13H21N/c1-4-12(14)9-11-7-5-6-8-13(11)10(2)3/h5-8,10,12H,4,9,14H2,1-3H3. The lowest BCUT2D eigenvalue weighted by Gasteiger charge is -2.15. The molecule has 0 aliphatic carbocycles. The van der Waals surface area contributed by atoms with Gasteiger partial charge in [0.05, 0.1) is 0 Å². The van der Waals surface area contributed by atoms with Gasteiger partial charge in [0.15, 0.2) is 0 Å². The Morgan fingerprint density at radius 3 is 2.43 bits per heavy atom. The van der Waals surface area contributed by atoms with Crippen LogP contribution in [0.3, 0.4) is 0 Å². The minimum atomic E-state index is 0.301. The zero-order valence-corrected chi connectivity index (χ0v) is 9.46. The first-order chi connectivity index (χ1) is 6.65. The second-order valence-corrected chi connectivity index (χ2v) is 4.23. The SMILES string of the molecule is CCC(N)Cc1ccccc1C(C)C. The van der Waals surface area contributed by atoms with E-state index in [4.69, 9.17) is 5.73 Å². The van der Waals surface area contributed by atoms with Crippen molar-refractivity contribution in [3.63, 3.8) is 0 Å². The molecule has 1 nitrogen and oxygen atoms in total. The Morgan fingerprint density at radius 2 is 1.86 bits per heavy atom. The summed E-state index contributed by atoms with van der Waals surface area (Å²) in [6.45, 7) is 6.61. The van der Waals surface area contributed by atoms with Gasteiger partial charge in [-0.05, 0) is 29.9 Å². The van der Waals surface area contributed by atoms with Crippen molar-refractivity contribution in [3.05, 3.63) is 35.4 Å². The van der Waals surface area contributed by atoms with Crippen LogP contribution in [0.15, 0.2) is 24.3 Å². The summed E-state index contributed by atoms with van der Waals surface area (Å²) in [4.78, 5) is 0. The average Bonchev–Trinajstić information content (AvgIpc) is 2.18. The monoisotopic (exact) mass is 191 g/mol. The highest BCUT2D eigenvalue weighted by Gasteiger charge is 2.08. The van der Waals surface area contributed by atoms with E-state index in [1.807, 2.05) is 0 Å². The summed E-state index contributed by atoms with van der Waals surface area (Å²) in [7, 11) is 0. The molecule has 0 aromatic heterocycles. The van der Waals surface area contributed by atoms with Crippen LogP contribution in [0.5, 0.6) is 0 Å². The molecule has 1 unspecified atom stereocenters. The number of hydrogen-bond donors (Lipinski definition) is 1. The van der Waals surface area contributed by atoms with Gasteiger partial charge in [0.25, 0.3) is 0 Å². The molecular weight excluding hydrogens is 170 g/mol. The van der Waals surface area contributed by atoms with E-state index in [2.05, 4.69) is 45.0 Å². The van der Waals surface area contributed by atoms with E-state index >= 15 is 0 Å². The van der Waals surface area contributed by atoms with Crippen LogP contribution in [0.4, 0.5) is 0 Å². The smallest absolute Gasteiger partial charge is 0.00768 e. The second kappa shape index (κ2) is 5.16. The normalized spacial score (nSPS) is 13.2. The number of hydrogen-bond acceptors (Lipinski definition) is 1. The molecule has 0 saturated carbocycles. The molecule has 0 aliphatic heterocycles. The van der Waals surface area contributed by atoms with Crippen LogP contribution in [0.1, 0.15) is 44.2 Å². The van der Waals surface area contributed by atoms with Crippen molar-refractivity contribution in [1.82, 2.24) is 0 Å². The number of rotatable bonds is 4. The lowest BCUT2D eigenvalue weighted by atomic mass is 9.93. The Hall–Kier alpha value is -0.820. The number of nitrogens with two attached hydrogens (primary N) is 1. The topological polar surface area (TPSA) is 26.0 Å². The summed E-state index contributed by atoms with van der Waals surface area (Å²) in [6.07, 6.45) is 2.05. The Balaban J connectivity index is 2.84. The van der Waals surface area contributed by atoms with Gasteiger partial charge in [-0.25, -0.2) is 0 Å². The Kier molecular flexibility index (Phi) is 4.15. The van der Waals surface area contributed by atoms with Gasteiger partial charge < -0.3 is 5.73 Å². The number of benzene rings is 1. The van der Waals surface area contributed by atoms with E-state index in [0.717, 1.165) is 12.8 Å². The lowest BCUT2D eigenvalue weighted by molar-refractivity contribution is 0.639. The second-order valence-electron chi connectivity index (χ2n) is 4.23. The molecule has 1 heteroatoms. The van der Waals surface area contributed by atoms with Crippen molar-refractivity contribution in [2.45, 2.75) is 45.6 Å². The minimum absolute atomic E-state index is 0.301. The van der Waals surface area contributed by atoms with Gasteiger partial charge in [-0.1, -0.05) is 45.0 Å². The van der Waals surface area contributed by atoms with Gasteiger partial charge in [0.1, 0.15) is 0 Å². The van der Waals surface area contributed by atoms with Crippen LogP contribution in [-0.2, 0) is 6.42 Å². The third-order valence-electron chi connectivity index (χ3n) is 2.68. The van der Waals surface area contributed by atoms with Crippen molar-refractivity contribution in [2.75, 3.05) is 0 Å². The van der Waals surface area contributed by atoms with Crippen molar-refractivity contribution < 1.29 is 0 Å². The van der Waals surface area contributed by atoms with Gasteiger partial charge in [-0.15, -0.1) is 0 Å². The van der Waals surface area contributed by atoms with E-state index in [1.165, 1.54) is 11.1 Å². The van der Waals surface area contributed by atoms with Crippen molar-refractivity contribution in [1.29, 1.82) is 0 Å². The molecule has 0 fully saturated rings. The predicted molar refractivity (Wildman–Crippen MR) is 62.5 cm³/mol. The van der Waals surface area contributed by atoms with Gasteiger partial charge in [-0.2, -0.15) is 0 Å². The van der Waals surface area contributed by atoms with E-state index in [9.17, 15) is 0 Å². The van der Waals surface area contributed by atoms with E-state index < -0.39 is 0 Å². The molecular formula is C13H21N. The molecule has 1 aromatic carbocycles. The van der Waals surface area contributed by atoms with Crippen LogP contribution in [0.25, 0.3) is 0 Å².